The zero-order chi connectivity index (χ0) is 13.8. The monoisotopic (exact) mass is 270 g/mol. The number of aromatic nitrogens is 1. The van der Waals surface area contributed by atoms with Crippen molar-refractivity contribution < 1.29 is 13.5 Å². The van der Waals surface area contributed by atoms with E-state index in [1.165, 1.54) is 6.07 Å². The topological polar surface area (TPSA) is 34.1 Å². The van der Waals surface area contributed by atoms with Crippen molar-refractivity contribution in [1.29, 1.82) is 0 Å². The Balaban J connectivity index is 2.21. The summed E-state index contributed by atoms with van der Waals surface area (Å²) in [6, 6.07) is 3.08. The third-order valence-electron chi connectivity index (χ3n) is 3.29. The number of piperidine rings is 1. The number of ether oxygens (including phenoxy) is 1. The number of hydrogen-bond donors (Lipinski definition) is 1. The van der Waals surface area contributed by atoms with Crippen LogP contribution in [0.5, 0.6) is 5.88 Å². The summed E-state index contributed by atoms with van der Waals surface area (Å²) in [5.41, 5.74) is 0.665. The lowest BCUT2D eigenvalue weighted by Gasteiger charge is -2.25. The summed E-state index contributed by atoms with van der Waals surface area (Å²) >= 11 is 0. The predicted octanol–water partition coefficient (Wildman–Crippen LogP) is 3.27. The van der Waals surface area contributed by atoms with Gasteiger partial charge in [-0.2, -0.15) is 0 Å². The van der Waals surface area contributed by atoms with Gasteiger partial charge in [-0.15, -0.1) is 0 Å². The van der Waals surface area contributed by atoms with Crippen LogP contribution < -0.4 is 10.1 Å². The zero-order valence-corrected chi connectivity index (χ0v) is 11.3. The van der Waals surface area contributed by atoms with Crippen molar-refractivity contribution in [3.8, 4) is 5.88 Å². The molecule has 0 aromatic carbocycles. The van der Waals surface area contributed by atoms with Crippen LogP contribution in [0.4, 0.5) is 8.78 Å². The standard InChI is InChI=1S/C14H20F2N2O/c1-9(2)11-5-6-12(13(15)16)18-14(11)19-10-4-3-7-17-8-10/h5-6,9-10,13,17H,3-4,7-8H2,1-2H3/t10-/m0/s1. The van der Waals surface area contributed by atoms with Crippen LogP contribution in [0.1, 0.15) is 50.3 Å². The molecule has 1 aromatic rings. The van der Waals surface area contributed by atoms with Gasteiger partial charge in [-0.25, -0.2) is 13.8 Å². The summed E-state index contributed by atoms with van der Waals surface area (Å²) in [5.74, 6) is 0.562. The van der Waals surface area contributed by atoms with E-state index < -0.39 is 6.43 Å². The maximum absolute atomic E-state index is 12.7. The van der Waals surface area contributed by atoms with Crippen molar-refractivity contribution >= 4 is 0 Å². The van der Waals surface area contributed by atoms with Crippen LogP contribution in [0.3, 0.4) is 0 Å². The third-order valence-corrected chi connectivity index (χ3v) is 3.29. The van der Waals surface area contributed by atoms with Gasteiger partial charge in [0.25, 0.3) is 6.43 Å². The fraction of sp³-hybridized carbons (Fsp3) is 0.643. The molecule has 1 N–H and O–H groups in total. The van der Waals surface area contributed by atoms with E-state index >= 15 is 0 Å². The summed E-state index contributed by atoms with van der Waals surface area (Å²) in [5, 5.41) is 3.24. The lowest BCUT2D eigenvalue weighted by molar-refractivity contribution is 0.136. The fourth-order valence-electron chi connectivity index (χ4n) is 2.20. The van der Waals surface area contributed by atoms with Crippen molar-refractivity contribution in [1.82, 2.24) is 10.3 Å². The normalized spacial score (nSPS) is 20.0. The van der Waals surface area contributed by atoms with Crippen LogP contribution in [-0.4, -0.2) is 24.2 Å². The van der Waals surface area contributed by atoms with Crippen molar-refractivity contribution in [3.63, 3.8) is 0 Å². The Morgan fingerprint density at radius 3 is 2.74 bits per heavy atom. The molecule has 2 heterocycles. The van der Waals surface area contributed by atoms with Crippen molar-refractivity contribution in [2.75, 3.05) is 13.1 Å². The van der Waals surface area contributed by atoms with E-state index in [1.54, 1.807) is 6.07 Å². The second-order valence-corrected chi connectivity index (χ2v) is 5.17. The minimum absolute atomic E-state index is 0.0201. The SMILES string of the molecule is CC(C)c1ccc(C(F)F)nc1O[C@H]1CCCNC1. The van der Waals surface area contributed by atoms with Crippen LogP contribution in [0.25, 0.3) is 0 Å². The quantitative estimate of drug-likeness (QED) is 0.911. The van der Waals surface area contributed by atoms with E-state index in [2.05, 4.69) is 10.3 Å². The number of alkyl halides is 2. The Hall–Kier alpha value is -1.23. The molecule has 1 aromatic heterocycles. The van der Waals surface area contributed by atoms with Gasteiger partial charge in [0, 0.05) is 12.1 Å². The second-order valence-electron chi connectivity index (χ2n) is 5.17. The molecule has 0 bridgehead atoms. The van der Waals surface area contributed by atoms with Gasteiger partial charge >= 0.3 is 0 Å². The average molecular weight is 270 g/mol. The van der Waals surface area contributed by atoms with Crippen molar-refractivity contribution in [2.45, 2.75) is 45.1 Å². The van der Waals surface area contributed by atoms with Crippen LogP contribution >= 0.6 is 0 Å². The predicted molar refractivity (Wildman–Crippen MR) is 69.8 cm³/mol. The lowest BCUT2D eigenvalue weighted by Crippen LogP contribution is -2.37. The first-order valence-corrected chi connectivity index (χ1v) is 6.74. The summed E-state index contributed by atoms with van der Waals surface area (Å²) in [6.45, 7) is 5.75. The highest BCUT2D eigenvalue weighted by atomic mass is 19.3. The molecular weight excluding hydrogens is 250 g/mol. The summed E-state index contributed by atoms with van der Waals surface area (Å²) < 4.78 is 31.3. The Labute approximate surface area is 112 Å². The maximum Gasteiger partial charge on any atom is 0.280 e. The Bertz CT molecular complexity index is 418. The van der Waals surface area contributed by atoms with Crippen molar-refractivity contribution in [2.24, 2.45) is 0 Å². The molecule has 3 nitrogen and oxygen atoms in total. The Morgan fingerprint density at radius 1 is 1.37 bits per heavy atom. The largest absolute Gasteiger partial charge is 0.473 e. The number of halogens is 2. The van der Waals surface area contributed by atoms with E-state index in [0.29, 0.717) is 5.88 Å². The van der Waals surface area contributed by atoms with Gasteiger partial charge in [0.2, 0.25) is 5.88 Å². The molecule has 5 heteroatoms. The van der Waals surface area contributed by atoms with Gasteiger partial charge in [-0.05, 0) is 31.4 Å². The fourth-order valence-corrected chi connectivity index (χ4v) is 2.20. The smallest absolute Gasteiger partial charge is 0.280 e. The molecule has 1 aliphatic rings. The molecule has 1 atom stereocenters. The molecule has 1 aliphatic heterocycles. The van der Waals surface area contributed by atoms with Gasteiger partial charge in [0.1, 0.15) is 11.8 Å². The highest BCUT2D eigenvalue weighted by Crippen LogP contribution is 2.29. The van der Waals surface area contributed by atoms with E-state index in [9.17, 15) is 8.78 Å². The molecule has 2 rings (SSSR count). The van der Waals surface area contributed by atoms with Crippen LogP contribution in [0.2, 0.25) is 0 Å². The maximum atomic E-state index is 12.7. The van der Waals surface area contributed by atoms with Gasteiger partial charge in [-0.3, -0.25) is 0 Å². The summed E-state index contributed by atoms with van der Waals surface area (Å²) in [6.07, 6.45) is -0.568. The van der Waals surface area contributed by atoms with E-state index in [4.69, 9.17) is 4.74 Å². The molecule has 0 saturated carbocycles. The Kier molecular flexibility index (Phi) is 4.69. The number of rotatable bonds is 4. The van der Waals surface area contributed by atoms with Crippen molar-refractivity contribution in [3.05, 3.63) is 23.4 Å². The number of pyridine rings is 1. The first-order valence-electron chi connectivity index (χ1n) is 6.74. The first kappa shape index (κ1) is 14.2. The zero-order valence-electron chi connectivity index (χ0n) is 11.3. The molecule has 1 saturated heterocycles. The molecule has 0 aliphatic carbocycles. The molecule has 106 valence electrons. The number of nitrogens with one attached hydrogen (secondary N) is 1. The highest BCUT2D eigenvalue weighted by Gasteiger charge is 2.20. The Morgan fingerprint density at radius 2 is 2.16 bits per heavy atom. The first-order chi connectivity index (χ1) is 9.08. The van der Waals surface area contributed by atoms with Crippen LogP contribution in [0, 0.1) is 0 Å². The van der Waals surface area contributed by atoms with E-state index in [0.717, 1.165) is 31.5 Å². The summed E-state index contributed by atoms with van der Waals surface area (Å²) in [4.78, 5) is 3.99. The molecule has 0 unspecified atom stereocenters. The number of nitrogens with zero attached hydrogens (tertiary/aromatic N) is 1. The molecule has 19 heavy (non-hydrogen) atoms. The third kappa shape index (κ3) is 3.62. The summed E-state index contributed by atoms with van der Waals surface area (Å²) in [7, 11) is 0. The van der Waals surface area contributed by atoms with Gasteiger partial charge in [0.15, 0.2) is 0 Å². The molecule has 0 radical (unpaired) electrons. The van der Waals surface area contributed by atoms with Crippen LogP contribution in [0.15, 0.2) is 12.1 Å². The minimum Gasteiger partial charge on any atom is -0.473 e. The molecular formula is C14H20F2N2O. The van der Waals surface area contributed by atoms with Gasteiger partial charge < -0.3 is 10.1 Å². The van der Waals surface area contributed by atoms with Crippen LogP contribution in [-0.2, 0) is 0 Å². The second kappa shape index (κ2) is 6.28. The minimum atomic E-state index is -2.56. The molecule has 1 fully saturated rings. The van der Waals surface area contributed by atoms with E-state index in [1.807, 2.05) is 13.8 Å². The van der Waals surface area contributed by atoms with Gasteiger partial charge in [0.05, 0.1) is 0 Å². The molecule has 0 spiro atoms. The van der Waals surface area contributed by atoms with E-state index in [-0.39, 0.29) is 17.7 Å². The lowest BCUT2D eigenvalue weighted by atomic mass is 10.0. The van der Waals surface area contributed by atoms with Gasteiger partial charge in [-0.1, -0.05) is 19.9 Å². The molecule has 0 amide bonds. The number of hydrogen-bond acceptors (Lipinski definition) is 3. The average Bonchev–Trinajstić information content (AvgIpc) is 2.39. The highest BCUT2D eigenvalue weighted by molar-refractivity contribution is 5.31.